The van der Waals surface area contributed by atoms with Crippen LogP contribution in [0.15, 0.2) is 183 Å². The second-order valence-electron chi connectivity index (χ2n) is 35.5. The van der Waals surface area contributed by atoms with Gasteiger partial charge >= 0.3 is 17.9 Å². The number of fused-ring (bicyclic) bond motifs is 11. The molecule has 4 saturated carbocycles. The van der Waals surface area contributed by atoms with Gasteiger partial charge < -0.3 is 14.2 Å². The van der Waals surface area contributed by atoms with Crippen LogP contribution in [0.3, 0.4) is 0 Å². The molecule has 8 saturated heterocycles. The number of ether oxygens (including phenoxy) is 3. The first kappa shape index (κ1) is 74.1. The van der Waals surface area contributed by atoms with Crippen molar-refractivity contribution in [1.82, 2.24) is 0 Å². The monoisotopic (exact) mass is 1490 g/mol. The van der Waals surface area contributed by atoms with Crippen LogP contribution in [0.25, 0.3) is 32.3 Å². The first-order chi connectivity index (χ1) is 51.4. The van der Waals surface area contributed by atoms with Gasteiger partial charge in [0.25, 0.3) is 0 Å². The molecular weight excluding hydrogens is 1380 g/mol. The van der Waals surface area contributed by atoms with Gasteiger partial charge in [-0.1, -0.05) is 106 Å². The number of carbonyl (C=O) groups is 4. The van der Waals surface area contributed by atoms with Crippen LogP contribution in [0.1, 0.15) is 244 Å². The molecule has 0 spiro atoms. The third kappa shape index (κ3) is 15.6. The summed E-state index contributed by atoms with van der Waals surface area (Å²) >= 11 is 0. The molecule has 12 bridgehead atoms. The molecule has 2 unspecified atom stereocenters. The van der Waals surface area contributed by atoms with Crippen LogP contribution in [0.4, 0.5) is 0 Å². The second kappa shape index (κ2) is 31.8. The number of ketones is 1. The van der Waals surface area contributed by atoms with Gasteiger partial charge in [0.2, 0.25) is 0 Å². The molecule has 11 heteroatoms. The molecule has 556 valence electrons. The first-order valence-electron chi connectivity index (χ1n) is 41.2. The molecule has 8 heterocycles. The van der Waals surface area contributed by atoms with Crippen molar-refractivity contribution in [3.05, 3.63) is 175 Å². The fourth-order valence-electron chi connectivity index (χ4n) is 21.5. The molecule has 12 aliphatic rings. The summed E-state index contributed by atoms with van der Waals surface area (Å²) in [5, 5.41) is 13.6. The van der Waals surface area contributed by atoms with Gasteiger partial charge in [-0.05, 0) is 302 Å². The molecule has 0 amide bonds. The maximum Gasteiger partial charge on any atom is 0.343 e. The van der Waals surface area contributed by atoms with Crippen molar-refractivity contribution < 1.29 is 33.4 Å². The number of benzene rings is 8. The highest BCUT2D eigenvalue weighted by Crippen LogP contribution is 2.61. The van der Waals surface area contributed by atoms with Gasteiger partial charge in [-0.3, -0.25) is 14.4 Å². The van der Waals surface area contributed by atoms with E-state index in [4.69, 9.17) is 14.2 Å². The van der Waals surface area contributed by atoms with Gasteiger partial charge in [0.15, 0.2) is 19.6 Å². The quantitative estimate of drug-likeness (QED) is 0.0807. The minimum atomic E-state index is -0.498. The Bertz CT molecular complexity index is 4380. The molecular formula is C95H114O7S4+4. The van der Waals surface area contributed by atoms with E-state index in [1.165, 1.54) is 191 Å². The van der Waals surface area contributed by atoms with Crippen molar-refractivity contribution in [3.8, 4) is 17.2 Å². The van der Waals surface area contributed by atoms with Crippen molar-refractivity contribution in [2.75, 3.05) is 0 Å². The van der Waals surface area contributed by atoms with Gasteiger partial charge in [0, 0.05) is 75.9 Å². The van der Waals surface area contributed by atoms with Crippen LogP contribution in [0.5, 0.6) is 17.2 Å². The van der Waals surface area contributed by atoms with Crippen molar-refractivity contribution in [2.45, 2.75) is 295 Å². The van der Waals surface area contributed by atoms with E-state index in [2.05, 4.69) is 130 Å². The largest absolute Gasteiger partial charge is 0.425 e. The van der Waals surface area contributed by atoms with E-state index in [0.717, 1.165) is 103 Å². The zero-order chi connectivity index (χ0) is 72.8. The molecule has 7 nitrogen and oxygen atoms in total. The molecule has 8 aliphatic heterocycles. The molecule has 0 radical (unpaired) electrons. The van der Waals surface area contributed by atoms with E-state index >= 15 is 0 Å². The minimum Gasteiger partial charge on any atom is -0.425 e. The van der Waals surface area contributed by atoms with Crippen LogP contribution in [-0.2, 0) is 63.4 Å². The predicted molar refractivity (Wildman–Crippen MR) is 444 cm³/mol. The third-order valence-corrected chi connectivity index (χ3v) is 38.9. The van der Waals surface area contributed by atoms with E-state index < -0.39 is 5.41 Å². The Labute approximate surface area is 643 Å². The van der Waals surface area contributed by atoms with Crippen molar-refractivity contribution in [1.29, 1.82) is 0 Å². The Kier molecular flexibility index (Phi) is 22.2. The van der Waals surface area contributed by atoms with E-state index in [-0.39, 0.29) is 28.7 Å². The molecule has 2 atom stereocenters. The standard InChI is InChI=1S/C29H35O2S.C25H25O2S.C23H29O2S.C18H25OS/c30-28(29-16-19-13-20(17-29)15-21(14-19)18-29)31-26-11-12-27(25-10-2-1-9-24(25)26)32-22-5-3-6-23(32)8-4-7-22;26-25(18-8-2-1-3-9-18)27-23-16-17-24(22-15-5-4-14-21(22)23)28-19-10-6-11-20(28)13-7-12-19;1-23(2,3)22(24)25-20-14-15-21(19-13-5-4-12-18(19)20)26-16-8-6-9-17(26)11-7-10-16;1-18(2,3)13-7-9-15(10-8-13)20-16-5-4-6-17(20)12-14(19)11-16/h1-2,9-12,19-23H,3-8,13-18H2;1-5,8-9,14-17,19-20H,6-7,10-13H2;4-5,12-17H,6-11H2,1-3H3;7-10,16-17H,4-6,11-12H2,1-3H3/q4*+1. The molecule has 12 fully saturated rings. The Hall–Kier alpha value is -5.98. The van der Waals surface area contributed by atoms with Gasteiger partial charge in [-0.25, -0.2) is 4.79 Å². The Morgan fingerprint density at radius 2 is 0.689 bits per heavy atom. The lowest BCUT2D eigenvalue weighted by Crippen LogP contribution is -2.51. The normalized spacial score (nSPS) is 30.5. The summed E-state index contributed by atoms with van der Waals surface area (Å²) in [6.45, 7) is 12.5. The summed E-state index contributed by atoms with van der Waals surface area (Å²) in [4.78, 5) is 56.5. The van der Waals surface area contributed by atoms with Crippen LogP contribution in [0, 0.1) is 28.6 Å². The molecule has 4 aliphatic carbocycles. The van der Waals surface area contributed by atoms with Crippen LogP contribution >= 0.6 is 0 Å². The van der Waals surface area contributed by atoms with E-state index in [0.29, 0.717) is 76.9 Å². The average Bonchev–Trinajstić information content (AvgIpc) is 0.747. The minimum absolute atomic E-state index is 0.0755. The SMILES string of the molecule is CC(C)(C)C(=O)Oc1ccc([S+]2C3CCCC2CCC3)c2ccccc12.CC(C)(C)c1ccc([S+]2C3CCCC2CC(=O)C3)cc1.O=C(Oc1ccc([S+]2C3CCCC2CCC3)c2ccccc12)C12CC3CC(CC(C3)C1)C2.O=C(Oc1ccc([S+]2C3CCCC2CCC3)c2ccccc12)c1ccccc1. The fourth-order valence-corrected chi connectivity index (χ4v) is 35.6. The van der Waals surface area contributed by atoms with E-state index in [1.807, 2.05) is 63.2 Å². The third-order valence-electron chi connectivity index (χ3n) is 26.1. The Morgan fingerprint density at radius 1 is 0.358 bits per heavy atom. The zero-order valence-electron chi connectivity index (χ0n) is 63.9. The lowest BCUT2D eigenvalue weighted by molar-refractivity contribution is -0.161. The summed E-state index contributed by atoms with van der Waals surface area (Å²) in [6.07, 6.45) is 37.8. The predicted octanol–water partition coefficient (Wildman–Crippen LogP) is 23.3. The van der Waals surface area contributed by atoms with Crippen LogP contribution in [0.2, 0.25) is 0 Å². The average molecular weight is 1500 g/mol. The van der Waals surface area contributed by atoms with Gasteiger partial charge in [0.1, 0.15) is 65.0 Å². The van der Waals surface area contributed by atoms with Crippen molar-refractivity contribution in [3.63, 3.8) is 0 Å². The molecule has 106 heavy (non-hydrogen) atoms. The number of hydrogen-bond donors (Lipinski definition) is 0. The van der Waals surface area contributed by atoms with Gasteiger partial charge in [-0.15, -0.1) is 0 Å². The summed E-state index contributed by atoms with van der Waals surface area (Å²) in [5.74, 6) is 4.58. The zero-order valence-corrected chi connectivity index (χ0v) is 67.2. The number of hydrogen-bond acceptors (Lipinski definition) is 7. The maximum atomic E-state index is 13.6. The Balaban J connectivity index is 0.000000110. The highest BCUT2D eigenvalue weighted by molar-refractivity contribution is 7.99. The maximum absolute atomic E-state index is 13.6. The number of esters is 3. The summed E-state index contributed by atoms with van der Waals surface area (Å²) in [5.41, 5.74) is 1.51. The number of carbonyl (C=O) groups excluding carboxylic acids is 4. The summed E-state index contributed by atoms with van der Waals surface area (Å²) in [7, 11) is 1.34. The molecule has 0 aromatic heterocycles. The van der Waals surface area contributed by atoms with Gasteiger partial charge in [0.05, 0.1) is 29.2 Å². The number of Topliss-reactive ketones (excluding diaryl/α,β-unsaturated/α-hetero) is 1. The summed E-state index contributed by atoms with van der Waals surface area (Å²) in [6, 6.07) is 57.2. The van der Waals surface area contributed by atoms with E-state index in [9.17, 15) is 19.2 Å². The lowest BCUT2D eigenvalue weighted by Gasteiger charge is -2.55. The summed E-state index contributed by atoms with van der Waals surface area (Å²) < 4.78 is 17.9. The number of rotatable bonds is 9. The Morgan fingerprint density at radius 3 is 1.05 bits per heavy atom. The molecule has 0 N–H and O–H groups in total. The van der Waals surface area contributed by atoms with Crippen LogP contribution < -0.4 is 14.2 Å². The molecule has 8 aromatic carbocycles. The molecule has 20 rings (SSSR count). The highest BCUT2D eigenvalue weighted by atomic mass is 32.2. The van der Waals surface area contributed by atoms with Crippen molar-refractivity contribution in [2.24, 2.45) is 28.6 Å². The fraction of sp³-hybridized carbons (Fsp3) is 0.516. The van der Waals surface area contributed by atoms with Gasteiger partial charge in [-0.2, -0.15) is 0 Å². The van der Waals surface area contributed by atoms with E-state index in [1.54, 1.807) is 17.0 Å². The van der Waals surface area contributed by atoms with Crippen molar-refractivity contribution >= 4 is 99.6 Å². The smallest absolute Gasteiger partial charge is 0.343 e. The molecule has 8 aromatic rings. The second-order valence-corrected chi connectivity index (χ2v) is 45.6. The lowest BCUT2D eigenvalue weighted by atomic mass is 9.49. The van der Waals surface area contributed by atoms with Crippen LogP contribution in [-0.4, -0.2) is 65.7 Å². The topological polar surface area (TPSA) is 96.0 Å². The first-order valence-corrected chi connectivity index (χ1v) is 46.6. The highest BCUT2D eigenvalue weighted by Gasteiger charge is 2.57.